The SMILES string of the molecule is COc1cccc(Cc2nc(CNC3CC3)cc(=O)[nH]2)c1. The Morgan fingerprint density at radius 3 is 3.00 bits per heavy atom. The number of hydrogen-bond donors (Lipinski definition) is 2. The Morgan fingerprint density at radius 2 is 2.24 bits per heavy atom. The summed E-state index contributed by atoms with van der Waals surface area (Å²) in [6.07, 6.45) is 3.03. The minimum absolute atomic E-state index is 0.101. The highest BCUT2D eigenvalue weighted by atomic mass is 16.5. The molecule has 0 amide bonds. The van der Waals surface area contributed by atoms with Crippen molar-refractivity contribution in [2.24, 2.45) is 0 Å². The number of nitrogens with one attached hydrogen (secondary N) is 2. The third-order valence-corrected chi connectivity index (χ3v) is 3.50. The molecule has 5 nitrogen and oxygen atoms in total. The first-order valence-electron chi connectivity index (χ1n) is 7.18. The summed E-state index contributed by atoms with van der Waals surface area (Å²) in [5.74, 6) is 1.49. The number of methoxy groups -OCH3 is 1. The molecule has 1 aliphatic rings. The normalized spacial score (nSPS) is 14.1. The maximum absolute atomic E-state index is 11.7. The monoisotopic (exact) mass is 285 g/mol. The predicted octanol–water partition coefficient (Wildman–Crippen LogP) is 1.62. The summed E-state index contributed by atoms with van der Waals surface area (Å²) in [6, 6.07) is 9.95. The van der Waals surface area contributed by atoms with E-state index in [2.05, 4.69) is 15.3 Å². The van der Waals surface area contributed by atoms with Gasteiger partial charge in [0, 0.05) is 25.1 Å². The summed E-state index contributed by atoms with van der Waals surface area (Å²) in [4.78, 5) is 19.1. The lowest BCUT2D eigenvalue weighted by Crippen LogP contribution is -2.20. The van der Waals surface area contributed by atoms with Gasteiger partial charge in [-0.3, -0.25) is 4.79 Å². The first kappa shape index (κ1) is 13.8. The fourth-order valence-electron chi connectivity index (χ4n) is 2.25. The van der Waals surface area contributed by atoms with E-state index in [4.69, 9.17) is 4.74 Å². The Labute approximate surface area is 123 Å². The molecule has 1 fully saturated rings. The maximum Gasteiger partial charge on any atom is 0.251 e. The van der Waals surface area contributed by atoms with Gasteiger partial charge in [-0.15, -0.1) is 0 Å². The summed E-state index contributed by atoms with van der Waals surface area (Å²) in [6.45, 7) is 0.652. The predicted molar refractivity (Wildman–Crippen MR) is 80.5 cm³/mol. The summed E-state index contributed by atoms with van der Waals surface area (Å²) < 4.78 is 5.21. The topological polar surface area (TPSA) is 67.0 Å². The lowest BCUT2D eigenvalue weighted by Gasteiger charge is -2.07. The van der Waals surface area contributed by atoms with Crippen molar-refractivity contribution in [3.63, 3.8) is 0 Å². The van der Waals surface area contributed by atoms with Crippen LogP contribution in [0.1, 0.15) is 29.9 Å². The lowest BCUT2D eigenvalue weighted by atomic mass is 10.1. The molecule has 1 aromatic heterocycles. The highest BCUT2D eigenvalue weighted by molar-refractivity contribution is 5.30. The summed E-state index contributed by atoms with van der Waals surface area (Å²) in [5, 5.41) is 3.37. The molecule has 21 heavy (non-hydrogen) atoms. The molecule has 0 unspecified atom stereocenters. The molecular formula is C16H19N3O2. The number of aromatic amines is 1. The van der Waals surface area contributed by atoms with Crippen molar-refractivity contribution in [1.82, 2.24) is 15.3 Å². The van der Waals surface area contributed by atoms with E-state index in [1.54, 1.807) is 13.2 Å². The van der Waals surface area contributed by atoms with Gasteiger partial charge in [-0.1, -0.05) is 12.1 Å². The molecule has 2 N–H and O–H groups in total. The lowest BCUT2D eigenvalue weighted by molar-refractivity contribution is 0.414. The second kappa shape index (κ2) is 6.10. The summed E-state index contributed by atoms with van der Waals surface area (Å²) in [5.41, 5.74) is 1.75. The van der Waals surface area contributed by atoms with Gasteiger partial charge in [0.1, 0.15) is 11.6 Å². The fourth-order valence-corrected chi connectivity index (χ4v) is 2.25. The molecule has 1 saturated carbocycles. The van der Waals surface area contributed by atoms with E-state index < -0.39 is 0 Å². The van der Waals surface area contributed by atoms with E-state index >= 15 is 0 Å². The van der Waals surface area contributed by atoms with E-state index in [0.717, 1.165) is 17.0 Å². The number of nitrogens with zero attached hydrogens (tertiary/aromatic N) is 1. The van der Waals surface area contributed by atoms with E-state index in [9.17, 15) is 4.79 Å². The van der Waals surface area contributed by atoms with Crippen LogP contribution in [0.15, 0.2) is 35.1 Å². The minimum Gasteiger partial charge on any atom is -0.497 e. The molecule has 0 radical (unpaired) electrons. The van der Waals surface area contributed by atoms with Gasteiger partial charge >= 0.3 is 0 Å². The molecular weight excluding hydrogens is 266 g/mol. The number of aromatic nitrogens is 2. The van der Waals surface area contributed by atoms with Crippen LogP contribution in [0, 0.1) is 0 Å². The number of ether oxygens (including phenoxy) is 1. The van der Waals surface area contributed by atoms with E-state index in [1.807, 2.05) is 24.3 Å². The van der Waals surface area contributed by atoms with Crippen LogP contribution < -0.4 is 15.6 Å². The van der Waals surface area contributed by atoms with Crippen molar-refractivity contribution in [2.45, 2.75) is 31.8 Å². The molecule has 0 spiro atoms. The molecule has 2 aromatic rings. The van der Waals surface area contributed by atoms with Crippen molar-refractivity contribution < 1.29 is 4.74 Å². The van der Waals surface area contributed by atoms with Crippen LogP contribution in [0.4, 0.5) is 0 Å². The highest BCUT2D eigenvalue weighted by Crippen LogP contribution is 2.19. The highest BCUT2D eigenvalue weighted by Gasteiger charge is 2.20. The van der Waals surface area contributed by atoms with Crippen LogP contribution in [0.2, 0.25) is 0 Å². The van der Waals surface area contributed by atoms with E-state index in [-0.39, 0.29) is 5.56 Å². The van der Waals surface area contributed by atoms with Gasteiger partial charge in [-0.25, -0.2) is 4.98 Å². The zero-order valence-corrected chi connectivity index (χ0v) is 12.1. The molecule has 1 aromatic carbocycles. The van der Waals surface area contributed by atoms with Crippen LogP contribution in [-0.4, -0.2) is 23.1 Å². The van der Waals surface area contributed by atoms with Gasteiger partial charge < -0.3 is 15.0 Å². The number of H-pyrrole nitrogens is 1. The van der Waals surface area contributed by atoms with Gasteiger partial charge in [-0.2, -0.15) is 0 Å². The minimum atomic E-state index is -0.101. The van der Waals surface area contributed by atoms with Gasteiger partial charge in [0.2, 0.25) is 0 Å². The van der Waals surface area contributed by atoms with Crippen LogP contribution in [0.5, 0.6) is 5.75 Å². The number of hydrogen-bond acceptors (Lipinski definition) is 4. The van der Waals surface area contributed by atoms with E-state index in [0.29, 0.717) is 24.8 Å². The Kier molecular flexibility index (Phi) is 4.01. The van der Waals surface area contributed by atoms with Crippen LogP contribution in [0.3, 0.4) is 0 Å². The zero-order chi connectivity index (χ0) is 14.7. The molecule has 1 heterocycles. The molecule has 0 aliphatic heterocycles. The molecule has 0 atom stereocenters. The smallest absolute Gasteiger partial charge is 0.251 e. The summed E-state index contributed by atoms with van der Waals surface area (Å²) in [7, 11) is 1.64. The molecule has 3 rings (SSSR count). The molecule has 5 heteroatoms. The van der Waals surface area contributed by atoms with Gasteiger partial charge in [0.25, 0.3) is 5.56 Å². The van der Waals surface area contributed by atoms with Gasteiger partial charge in [-0.05, 0) is 30.5 Å². The van der Waals surface area contributed by atoms with Crippen LogP contribution in [0.25, 0.3) is 0 Å². The van der Waals surface area contributed by atoms with E-state index in [1.165, 1.54) is 12.8 Å². The van der Waals surface area contributed by atoms with Crippen molar-refractivity contribution in [1.29, 1.82) is 0 Å². The quantitative estimate of drug-likeness (QED) is 0.846. The van der Waals surface area contributed by atoms with Crippen molar-refractivity contribution >= 4 is 0 Å². The molecule has 0 saturated heterocycles. The first-order valence-corrected chi connectivity index (χ1v) is 7.18. The fraction of sp³-hybridized carbons (Fsp3) is 0.375. The standard InChI is InChI=1S/C16H19N3O2/c1-21-14-4-2-3-11(7-14)8-15-18-13(9-16(20)19-15)10-17-12-5-6-12/h2-4,7,9,12,17H,5-6,8,10H2,1H3,(H,18,19,20). The summed E-state index contributed by atoms with van der Waals surface area (Å²) >= 11 is 0. The molecule has 1 aliphatic carbocycles. The van der Waals surface area contributed by atoms with Gasteiger partial charge in [0.15, 0.2) is 0 Å². The Balaban J connectivity index is 1.75. The second-order valence-corrected chi connectivity index (χ2v) is 5.37. The Morgan fingerprint density at radius 1 is 1.38 bits per heavy atom. The maximum atomic E-state index is 11.7. The van der Waals surface area contributed by atoms with Crippen molar-refractivity contribution in [2.75, 3.05) is 7.11 Å². The average Bonchev–Trinajstić information content (AvgIpc) is 3.29. The van der Waals surface area contributed by atoms with Crippen molar-refractivity contribution in [3.05, 3.63) is 57.8 Å². The second-order valence-electron chi connectivity index (χ2n) is 5.37. The first-order chi connectivity index (χ1) is 10.2. The van der Waals surface area contributed by atoms with Crippen LogP contribution in [-0.2, 0) is 13.0 Å². The zero-order valence-electron chi connectivity index (χ0n) is 12.1. The third-order valence-electron chi connectivity index (χ3n) is 3.50. The third kappa shape index (κ3) is 3.92. The number of rotatable bonds is 6. The number of benzene rings is 1. The Bertz CT molecular complexity index is 677. The molecule has 110 valence electrons. The van der Waals surface area contributed by atoms with Crippen molar-refractivity contribution in [3.8, 4) is 5.75 Å². The average molecular weight is 285 g/mol. The van der Waals surface area contributed by atoms with Crippen LogP contribution >= 0.6 is 0 Å². The molecule has 0 bridgehead atoms. The Hall–Kier alpha value is -2.14. The van der Waals surface area contributed by atoms with Gasteiger partial charge in [0.05, 0.1) is 12.8 Å². The largest absolute Gasteiger partial charge is 0.497 e.